The van der Waals surface area contributed by atoms with Crippen LogP contribution in [0.15, 0.2) is 0 Å². The van der Waals surface area contributed by atoms with Gasteiger partial charge >= 0.3 is 0 Å². The highest BCUT2D eigenvalue weighted by Gasteiger charge is 2.49. The molecule has 0 saturated heterocycles. The van der Waals surface area contributed by atoms with Gasteiger partial charge in [0.05, 0.1) is 18.6 Å². The van der Waals surface area contributed by atoms with Crippen molar-refractivity contribution in [2.75, 3.05) is 13.7 Å². The second kappa shape index (κ2) is 8.20. The van der Waals surface area contributed by atoms with Crippen LogP contribution in [0.25, 0.3) is 0 Å². The van der Waals surface area contributed by atoms with E-state index in [9.17, 15) is 4.79 Å². The molecule has 0 spiro atoms. The number of nitrogens with two attached hydrogens (primary N) is 1. The Morgan fingerprint density at radius 1 is 1.40 bits per heavy atom. The molecule has 2 fully saturated rings. The summed E-state index contributed by atoms with van der Waals surface area (Å²) in [5.41, 5.74) is 6.22. The van der Waals surface area contributed by atoms with E-state index in [1.165, 1.54) is 12.8 Å². The van der Waals surface area contributed by atoms with Crippen molar-refractivity contribution in [2.24, 2.45) is 23.5 Å². The maximum absolute atomic E-state index is 12.4. The number of amides is 1. The molecule has 0 aromatic carbocycles. The van der Waals surface area contributed by atoms with Gasteiger partial charge in [-0.2, -0.15) is 0 Å². The standard InChI is InChI=1S/C15H28N2O2.ClH/c1-3-4-5-12(9-19-2)17-15(18)13-10-6-7-11(8-10)14(13)16;/h10-14H,3-9,16H2,1-2H3,(H,17,18);1H. The first-order chi connectivity index (χ1) is 9.17. The van der Waals surface area contributed by atoms with E-state index in [0.717, 1.165) is 25.7 Å². The summed E-state index contributed by atoms with van der Waals surface area (Å²) in [4.78, 5) is 12.4. The van der Waals surface area contributed by atoms with Gasteiger partial charge < -0.3 is 15.8 Å². The Labute approximate surface area is 128 Å². The van der Waals surface area contributed by atoms with Gasteiger partial charge in [0.1, 0.15) is 0 Å². The maximum atomic E-state index is 12.4. The third-order valence-electron chi connectivity index (χ3n) is 4.90. The molecule has 0 heterocycles. The zero-order valence-corrected chi connectivity index (χ0v) is 13.5. The van der Waals surface area contributed by atoms with Crippen LogP contribution in [0, 0.1) is 17.8 Å². The molecule has 5 unspecified atom stereocenters. The molecule has 5 atom stereocenters. The number of hydrogen-bond acceptors (Lipinski definition) is 3. The van der Waals surface area contributed by atoms with E-state index in [0.29, 0.717) is 18.4 Å². The van der Waals surface area contributed by atoms with E-state index in [4.69, 9.17) is 10.5 Å². The van der Waals surface area contributed by atoms with Gasteiger partial charge in [0, 0.05) is 13.2 Å². The predicted octanol–water partition coefficient (Wildman–Crippen LogP) is 2.10. The number of fused-ring (bicyclic) bond motifs is 2. The first kappa shape index (κ1) is 17.7. The van der Waals surface area contributed by atoms with Crippen LogP contribution in [-0.2, 0) is 9.53 Å². The molecule has 0 aromatic rings. The summed E-state index contributed by atoms with van der Waals surface area (Å²) in [6.45, 7) is 2.76. The topological polar surface area (TPSA) is 64.3 Å². The van der Waals surface area contributed by atoms with Gasteiger partial charge in [-0.15, -0.1) is 12.4 Å². The summed E-state index contributed by atoms with van der Waals surface area (Å²) in [5, 5.41) is 3.17. The van der Waals surface area contributed by atoms with Crippen molar-refractivity contribution in [1.82, 2.24) is 5.32 Å². The number of unbranched alkanes of at least 4 members (excludes halogenated alkanes) is 1. The normalized spacial score (nSPS) is 32.8. The lowest BCUT2D eigenvalue weighted by atomic mass is 9.84. The minimum Gasteiger partial charge on any atom is -0.383 e. The molecule has 118 valence electrons. The van der Waals surface area contributed by atoms with Crippen molar-refractivity contribution in [2.45, 2.75) is 57.5 Å². The molecule has 4 nitrogen and oxygen atoms in total. The number of rotatable bonds is 7. The highest BCUT2D eigenvalue weighted by atomic mass is 35.5. The van der Waals surface area contributed by atoms with Crippen LogP contribution < -0.4 is 11.1 Å². The van der Waals surface area contributed by atoms with Gasteiger partial charge in [-0.3, -0.25) is 4.79 Å². The molecule has 2 aliphatic carbocycles. The summed E-state index contributed by atoms with van der Waals surface area (Å²) < 4.78 is 5.21. The number of carbonyl (C=O) groups excluding carboxylic acids is 1. The van der Waals surface area contributed by atoms with Crippen molar-refractivity contribution < 1.29 is 9.53 Å². The SMILES string of the molecule is CCCCC(COC)NC(=O)C1C2CCC(C2)C1N.Cl. The molecule has 0 aromatic heterocycles. The summed E-state index contributed by atoms with van der Waals surface area (Å²) in [6.07, 6.45) is 6.81. The predicted molar refractivity (Wildman–Crippen MR) is 82.9 cm³/mol. The summed E-state index contributed by atoms with van der Waals surface area (Å²) in [5.74, 6) is 1.31. The lowest BCUT2D eigenvalue weighted by Crippen LogP contribution is -2.49. The molecule has 1 amide bonds. The third kappa shape index (κ3) is 3.86. The number of hydrogen-bond donors (Lipinski definition) is 2. The van der Waals surface area contributed by atoms with Crippen molar-refractivity contribution in [3.63, 3.8) is 0 Å². The number of halogens is 1. The van der Waals surface area contributed by atoms with Crippen LogP contribution in [0.4, 0.5) is 0 Å². The Kier molecular flexibility index (Phi) is 7.27. The van der Waals surface area contributed by atoms with Crippen molar-refractivity contribution in [3.05, 3.63) is 0 Å². The molecule has 2 aliphatic rings. The number of ether oxygens (including phenoxy) is 1. The Bertz CT molecular complexity index is 312. The molecule has 2 saturated carbocycles. The van der Waals surface area contributed by atoms with Crippen LogP contribution in [0.2, 0.25) is 0 Å². The van der Waals surface area contributed by atoms with Crippen LogP contribution in [0.5, 0.6) is 0 Å². The van der Waals surface area contributed by atoms with Gasteiger partial charge in [0.15, 0.2) is 0 Å². The van der Waals surface area contributed by atoms with Gasteiger partial charge in [-0.05, 0) is 37.5 Å². The zero-order chi connectivity index (χ0) is 13.8. The summed E-state index contributed by atoms with van der Waals surface area (Å²) in [6, 6.07) is 0.219. The molecule has 2 rings (SSSR count). The van der Waals surface area contributed by atoms with Crippen molar-refractivity contribution >= 4 is 18.3 Å². The van der Waals surface area contributed by atoms with Crippen LogP contribution >= 0.6 is 12.4 Å². The fourth-order valence-electron chi connectivity index (χ4n) is 3.87. The Balaban J connectivity index is 0.00000200. The van der Waals surface area contributed by atoms with Crippen LogP contribution in [0.1, 0.15) is 45.4 Å². The van der Waals surface area contributed by atoms with Gasteiger partial charge in [0.25, 0.3) is 0 Å². The molecule has 0 aliphatic heterocycles. The average Bonchev–Trinajstić information content (AvgIpc) is 2.96. The van der Waals surface area contributed by atoms with Crippen molar-refractivity contribution in [1.29, 1.82) is 0 Å². The van der Waals surface area contributed by atoms with E-state index in [2.05, 4.69) is 12.2 Å². The fourth-order valence-corrected chi connectivity index (χ4v) is 3.87. The van der Waals surface area contributed by atoms with Gasteiger partial charge in [-0.25, -0.2) is 0 Å². The van der Waals surface area contributed by atoms with Gasteiger partial charge in [-0.1, -0.05) is 19.8 Å². The van der Waals surface area contributed by atoms with Crippen molar-refractivity contribution in [3.8, 4) is 0 Å². The smallest absolute Gasteiger partial charge is 0.225 e. The molecule has 2 bridgehead atoms. The molecule has 0 radical (unpaired) electrons. The highest BCUT2D eigenvalue weighted by molar-refractivity contribution is 5.85. The van der Waals surface area contributed by atoms with E-state index < -0.39 is 0 Å². The molecule has 3 N–H and O–H groups in total. The lowest BCUT2D eigenvalue weighted by molar-refractivity contribution is -0.128. The van der Waals surface area contributed by atoms with E-state index in [1.807, 2.05) is 0 Å². The van der Waals surface area contributed by atoms with Crippen LogP contribution in [-0.4, -0.2) is 31.7 Å². The monoisotopic (exact) mass is 304 g/mol. The van der Waals surface area contributed by atoms with E-state index in [1.54, 1.807) is 7.11 Å². The quantitative estimate of drug-likeness (QED) is 0.757. The zero-order valence-electron chi connectivity index (χ0n) is 12.6. The van der Waals surface area contributed by atoms with E-state index >= 15 is 0 Å². The second-order valence-electron chi connectivity index (χ2n) is 6.24. The summed E-state index contributed by atoms with van der Waals surface area (Å²) in [7, 11) is 1.69. The second-order valence-corrected chi connectivity index (χ2v) is 6.24. The van der Waals surface area contributed by atoms with Crippen LogP contribution in [0.3, 0.4) is 0 Å². The summed E-state index contributed by atoms with van der Waals surface area (Å²) >= 11 is 0. The van der Waals surface area contributed by atoms with Gasteiger partial charge in [0.2, 0.25) is 5.91 Å². The molecule has 5 heteroatoms. The Morgan fingerprint density at radius 3 is 2.65 bits per heavy atom. The minimum absolute atomic E-state index is 0. The highest BCUT2D eigenvalue weighted by Crippen LogP contribution is 2.47. The maximum Gasteiger partial charge on any atom is 0.225 e. The van der Waals surface area contributed by atoms with E-state index in [-0.39, 0.29) is 36.3 Å². The number of methoxy groups -OCH3 is 1. The first-order valence-electron chi connectivity index (χ1n) is 7.72. The average molecular weight is 305 g/mol. The molecule has 20 heavy (non-hydrogen) atoms. The Hall–Kier alpha value is -0.320. The number of carbonyl (C=O) groups is 1. The fraction of sp³-hybridized carbons (Fsp3) is 0.933. The lowest BCUT2D eigenvalue weighted by Gasteiger charge is -2.29. The molecular weight excluding hydrogens is 276 g/mol. The first-order valence-corrected chi connectivity index (χ1v) is 7.72. The number of nitrogens with one attached hydrogen (secondary N) is 1. The Morgan fingerprint density at radius 2 is 2.10 bits per heavy atom. The minimum atomic E-state index is 0. The largest absolute Gasteiger partial charge is 0.383 e. The third-order valence-corrected chi connectivity index (χ3v) is 4.90. The molecular formula is C15H29ClN2O2.